The minimum absolute atomic E-state index is 0.0459. The maximum absolute atomic E-state index is 12.5. The summed E-state index contributed by atoms with van der Waals surface area (Å²) in [5.41, 5.74) is 1.50. The molecule has 0 unspecified atom stereocenters. The first-order valence-electron chi connectivity index (χ1n) is 10.2. The summed E-state index contributed by atoms with van der Waals surface area (Å²) in [6.07, 6.45) is 9.80. The van der Waals surface area contributed by atoms with Gasteiger partial charge in [-0.2, -0.15) is 0 Å². The van der Waals surface area contributed by atoms with Crippen LogP contribution >= 0.6 is 0 Å². The molecule has 0 aliphatic heterocycles. The van der Waals surface area contributed by atoms with Crippen molar-refractivity contribution in [2.75, 3.05) is 0 Å². The monoisotopic (exact) mass is 358 g/mol. The Morgan fingerprint density at radius 3 is 2.54 bits per heavy atom. The zero-order valence-corrected chi connectivity index (χ0v) is 16.2. The number of esters is 2. The molecule has 0 aromatic heterocycles. The standard InChI is InChI=1S/C22H30O4/c1-13(23)26-20(25)19-7-6-17-16-5-4-14-12-15(24)8-10-21(14,2)18(16)9-11-22(17,19)3/h12,16-19H,4-11H2,1-3H3/t16-,17-,18-,19+,21-,22-/m0/s1. The molecule has 3 saturated carbocycles. The summed E-state index contributed by atoms with van der Waals surface area (Å²) in [7, 11) is 0. The molecule has 0 bridgehead atoms. The van der Waals surface area contributed by atoms with E-state index in [0.29, 0.717) is 30.0 Å². The fourth-order valence-electron chi connectivity index (χ4n) is 7.16. The number of hydrogen-bond donors (Lipinski definition) is 0. The second-order valence-electron chi connectivity index (χ2n) is 9.56. The van der Waals surface area contributed by atoms with Gasteiger partial charge in [0.15, 0.2) is 5.78 Å². The highest BCUT2D eigenvalue weighted by Crippen LogP contribution is 2.66. The van der Waals surface area contributed by atoms with Crippen molar-refractivity contribution in [2.24, 2.45) is 34.5 Å². The SMILES string of the molecule is CC(=O)OC(=O)[C@H]1CC[C@H]2[C@@H]3CCC4=CC(=O)CC[C@]4(C)[C@H]3CC[C@]12C. The van der Waals surface area contributed by atoms with Gasteiger partial charge in [0.1, 0.15) is 0 Å². The van der Waals surface area contributed by atoms with Crippen molar-refractivity contribution in [3.63, 3.8) is 0 Å². The van der Waals surface area contributed by atoms with Gasteiger partial charge < -0.3 is 4.74 Å². The van der Waals surface area contributed by atoms with Crippen molar-refractivity contribution in [3.05, 3.63) is 11.6 Å². The van der Waals surface area contributed by atoms with Crippen LogP contribution in [-0.2, 0) is 19.1 Å². The van der Waals surface area contributed by atoms with Gasteiger partial charge in [0.25, 0.3) is 0 Å². The van der Waals surface area contributed by atoms with Gasteiger partial charge >= 0.3 is 11.9 Å². The Bertz CT molecular complexity index is 692. The minimum atomic E-state index is -0.498. The predicted octanol–water partition coefficient (Wildman–Crippen LogP) is 4.22. The van der Waals surface area contributed by atoms with Crippen molar-refractivity contribution in [2.45, 2.75) is 72.1 Å². The van der Waals surface area contributed by atoms with Crippen LogP contribution in [0.5, 0.6) is 0 Å². The van der Waals surface area contributed by atoms with Crippen LogP contribution in [0.3, 0.4) is 0 Å². The van der Waals surface area contributed by atoms with E-state index in [1.54, 1.807) is 0 Å². The second-order valence-corrected chi connectivity index (χ2v) is 9.56. The summed E-state index contributed by atoms with van der Waals surface area (Å²) in [4.78, 5) is 35.7. The molecular weight excluding hydrogens is 328 g/mol. The van der Waals surface area contributed by atoms with E-state index in [1.165, 1.54) is 12.5 Å². The average molecular weight is 358 g/mol. The number of carbonyl (C=O) groups excluding carboxylic acids is 3. The number of fused-ring (bicyclic) bond motifs is 5. The van der Waals surface area contributed by atoms with Gasteiger partial charge in [-0.05, 0) is 79.6 Å². The van der Waals surface area contributed by atoms with Crippen molar-refractivity contribution in [1.82, 2.24) is 0 Å². The molecule has 3 fully saturated rings. The first-order chi connectivity index (χ1) is 12.3. The van der Waals surface area contributed by atoms with Crippen LogP contribution in [0, 0.1) is 34.5 Å². The maximum Gasteiger partial charge on any atom is 0.317 e. The number of hydrogen-bond acceptors (Lipinski definition) is 4. The molecule has 4 aliphatic rings. The molecule has 0 aromatic carbocycles. The Labute approximate surface area is 155 Å². The Hall–Kier alpha value is -1.45. The molecule has 4 aliphatic carbocycles. The minimum Gasteiger partial charge on any atom is -0.393 e. The van der Waals surface area contributed by atoms with Gasteiger partial charge in [-0.3, -0.25) is 14.4 Å². The molecule has 4 heteroatoms. The summed E-state index contributed by atoms with van der Waals surface area (Å²) in [6, 6.07) is 0. The van der Waals surface area contributed by atoms with Crippen LogP contribution in [0.1, 0.15) is 72.1 Å². The normalized spacial score (nSPS) is 44.4. The van der Waals surface area contributed by atoms with Crippen molar-refractivity contribution < 1.29 is 19.1 Å². The van der Waals surface area contributed by atoms with Crippen molar-refractivity contribution in [3.8, 4) is 0 Å². The topological polar surface area (TPSA) is 60.4 Å². The van der Waals surface area contributed by atoms with Crippen LogP contribution < -0.4 is 0 Å². The lowest BCUT2D eigenvalue weighted by Gasteiger charge is -2.57. The lowest BCUT2D eigenvalue weighted by atomic mass is 9.47. The fourth-order valence-corrected chi connectivity index (χ4v) is 7.16. The Balaban J connectivity index is 1.60. The summed E-state index contributed by atoms with van der Waals surface area (Å²) in [5.74, 6) is 1.12. The quantitative estimate of drug-likeness (QED) is 0.520. The fraction of sp³-hybridized carbons (Fsp3) is 0.773. The molecule has 0 saturated heterocycles. The number of allylic oxidation sites excluding steroid dienone is 1. The van der Waals surface area contributed by atoms with Gasteiger partial charge in [0, 0.05) is 13.3 Å². The van der Waals surface area contributed by atoms with Gasteiger partial charge in [-0.15, -0.1) is 0 Å². The third-order valence-electron chi connectivity index (χ3n) is 8.49. The van der Waals surface area contributed by atoms with E-state index in [9.17, 15) is 14.4 Å². The Kier molecular flexibility index (Phi) is 4.16. The Morgan fingerprint density at radius 2 is 1.81 bits per heavy atom. The number of carbonyl (C=O) groups is 3. The highest BCUT2D eigenvalue weighted by atomic mass is 16.6. The largest absolute Gasteiger partial charge is 0.393 e. The van der Waals surface area contributed by atoms with Crippen LogP contribution in [-0.4, -0.2) is 17.7 Å². The maximum atomic E-state index is 12.5. The zero-order valence-electron chi connectivity index (χ0n) is 16.2. The van der Waals surface area contributed by atoms with Gasteiger partial charge in [0.2, 0.25) is 0 Å². The van der Waals surface area contributed by atoms with E-state index in [4.69, 9.17) is 4.74 Å². The van der Waals surface area contributed by atoms with E-state index >= 15 is 0 Å². The second kappa shape index (κ2) is 6.03. The third kappa shape index (κ3) is 2.51. The number of ketones is 1. The Morgan fingerprint density at radius 1 is 1.04 bits per heavy atom. The van der Waals surface area contributed by atoms with Crippen LogP contribution in [0.2, 0.25) is 0 Å². The van der Waals surface area contributed by atoms with Gasteiger partial charge in [0.05, 0.1) is 5.92 Å². The number of ether oxygens (including phenoxy) is 1. The van der Waals surface area contributed by atoms with Crippen molar-refractivity contribution >= 4 is 17.7 Å². The van der Waals surface area contributed by atoms with E-state index in [0.717, 1.165) is 44.9 Å². The molecule has 26 heavy (non-hydrogen) atoms. The number of rotatable bonds is 1. The third-order valence-corrected chi connectivity index (χ3v) is 8.49. The summed E-state index contributed by atoms with van der Waals surface area (Å²) < 4.78 is 4.98. The lowest BCUT2D eigenvalue weighted by molar-refractivity contribution is -0.165. The predicted molar refractivity (Wildman–Crippen MR) is 97.0 cm³/mol. The molecule has 0 amide bonds. The van der Waals surface area contributed by atoms with Crippen LogP contribution in [0.15, 0.2) is 11.6 Å². The summed E-state index contributed by atoms with van der Waals surface area (Å²) >= 11 is 0. The molecule has 4 nitrogen and oxygen atoms in total. The first kappa shape index (κ1) is 17.9. The average Bonchev–Trinajstić information content (AvgIpc) is 2.92. The molecule has 4 rings (SSSR count). The molecule has 0 radical (unpaired) electrons. The highest BCUT2D eigenvalue weighted by Gasteiger charge is 2.60. The smallest absolute Gasteiger partial charge is 0.317 e. The zero-order chi connectivity index (χ0) is 18.7. The van der Waals surface area contributed by atoms with Gasteiger partial charge in [-0.1, -0.05) is 19.4 Å². The van der Waals surface area contributed by atoms with Crippen molar-refractivity contribution in [1.29, 1.82) is 0 Å². The van der Waals surface area contributed by atoms with Crippen LogP contribution in [0.4, 0.5) is 0 Å². The van der Waals surface area contributed by atoms with E-state index in [-0.39, 0.29) is 22.7 Å². The molecule has 0 N–H and O–H groups in total. The van der Waals surface area contributed by atoms with E-state index in [2.05, 4.69) is 13.8 Å². The van der Waals surface area contributed by atoms with Crippen LogP contribution in [0.25, 0.3) is 0 Å². The summed E-state index contributed by atoms with van der Waals surface area (Å²) in [5, 5.41) is 0. The summed E-state index contributed by atoms with van der Waals surface area (Å²) in [6.45, 7) is 5.94. The molecule has 0 spiro atoms. The lowest BCUT2D eigenvalue weighted by Crippen LogP contribution is -2.51. The highest BCUT2D eigenvalue weighted by molar-refractivity contribution is 5.91. The molecule has 6 atom stereocenters. The van der Waals surface area contributed by atoms with E-state index in [1.807, 2.05) is 6.08 Å². The molecule has 142 valence electrons. The molecule has 0 heterocycles. The van der Waals surface area contributed by atoms with Gasteiger partial charge in [-0.25, -0.2) is 0 Å². The first-order valence-corrected chi connectivity index (χ1v) is 10.2. The van der Waals surface area contributed by atoms with E-state index < -0.39 is 5.97 Å². The molecular formula is C22H30O4. The molecule has 0 aromatic rings.